The molecule has 2 amide bonds. The van der Waals surface area contributed by atoms with Crippen molar-refractivity contribution < 1.29 is 9.18 Å². The van der Waals surface area contributed by atoms with Crippen molar-refractivity contribution in [1.82, 2.24) is 19.7 Å². The first-order valence-corrected chi connectivity index (χ1v) is 10.3. The van der Waals surface area contributed by atoms with Crippen LogP contribution in [0.3, 0.4) is 0 Å². The number of anilines is 2. The zero-order valence-electron chi connectivity index (χ0n) is 17.5. The summed E-state index contributed by atoms with van der Waals surface area (Å²) in [6, 6.07) is 9.39. The maximum atomic E-state index is 13.2. The molecule has 4 rings (SSSR count). The number of rotatable bonds is 5. The van der Waals surface area contributed by atoms with Crippen LogP contribution in [0.5, 0.6) is 0 Å². The van der Waals surface area contributed by atoms with Crippen LogP contribution < -0.4 is 11.1 Å². The van der Waals surface area contributed by atoms with Gasteiger partial charge in [-0.25, -0.2) is 14.2 Å². The van der Waals surface area contributed by atoms with Crippen LogP contribution in [-0.4, -0.2) is 79.1 Å². The summed E-state index contributed by atoms with van der Waals surface area (Å²) in [5, 5.41) is 2.87. The summed E-state index contributed by atoms with van der Waals surface area (Å²) in [4.78, 5) is 23.9. The lowest BCUT2D eigenvalue weighted by molar-refractivity contribution is 0.210. The van der Waals surface area contributed by atoms with Crippen LogP contribution in [0.15, 0.2) is 36.4 Å². The number of fused-ring (bicyclic) bond motifs is 1. The highest BCUT2D eigenvalue weighted by Gasteiger charge is 2.41. The topological polar surface area (TPSA) is 77.7 Å². The summed E-state index contributed by atoms with van der Waals surface area (Å²) < 4.78 is 13.2. The van der Waals surface area contributed by atoms with E-state index in [0.717, 1.165) is 44.8 Å². The van der Waals surface area contributed by atoms with E-state index in [4.69, 9.17) is 5.73 Å². The molecule has 0 radical (unpaired) electrons. The number of benzene rings is 1. The molecule has 0 aliphatic carbocycles. The molecule has 0 spiro atoms. The van der Waals surface area contributed by atoms with E-state index in [2.05, 4.69) is 34.2 Å². The Labute approximate surface area is 176 Å². The van der Waals surface area contributed by atoms with Gasteiger partial charge in [-0.1, -0.05) is 0 Å². The Kier molecular flexibility index (Phi) is 5.87. The molecule has 1 aromatic carbocycles. The second-order valence-corrected chi connectivity index (χ2v) is 8.56. The van der Waals surface area contributed by atoms with Crippen molar-refractivity contribution in [2.45, 2.75) is 0 Å². The fraction of sp³-hybridized carbons (Fsp3) is 0.455. The third-order valence-corrected chi connectivity index (χ3v) is 6.00. The average molecular weight is 413 g/mol. The van der Waals surface area contributed by atoms with E-state index < -0.39 is 0 Å². The molecular weight excluding hydrogens is 383 g/mol. The van der Waals surface area contributed by atoms with Gasteiger partial charge >= 0.3 is 6.03 Å². The number of aromatic nitrogens is 1. The fourth-order valence-electron chi connectivity index (χ4n) is 4.31. The Morgan fingerprint density at radius 1 is 1.13 bits per heavy atom. The quantitative estimate of drug-likeness (QED) is 0.789. The maximum Gasteiger partial charge on any atom is 0.323 e. The number of carbonyl (C=O) groups is 1. The van der Waals surface area contributed by atoms with Gasteiger partial charge in [0.05, 0.1) is 11.4 Å². The van der Waals surface area contributed by atoms with Crippen molar-refractivity contribution >= 4 is 17.5 Å². The van der Waals surface area contributed by atoms with Gasteiger partial charge in [-0.05, 0) is 62.3 Å². The molecule has 30 heavy (non-hydrogen) atoms. The van der Waals surface area contributed by atoms with Gasteiger partial charge in [0.15, 0.2) is 5.82 Å². The van der Waals surface area contributed by atoms with Crippen LogP contribution >= 0.6 is 0 Å². The number of likely N-dealkylation sites (N-methyl/N-ethyl adjacent to an activating group) is 1. The van der Waals surface area contributed by atoms with Crippen LogP contribution in [-0.2, 0) is 0 Å². The first-order valence-electron chi connectivity index (χ1n) is 10.3. The van der Waals surface area contributed by atoms with Crippen molar-refractivity contribution in [3.8, 4) is 11.3 Å². The highest BCUT2D eigenvalue weighted by Crippen LogP contribution is 2.31. The van der Waals surface area contributed by atoms with Crippen molar-refractivity contribution in [2.75, 3.05) is 64.4 Å². The van der Waals surface area contributed by atoms with Gasteiger partial charge in [-0.2, -0.15) is 0 Å². The van der Waals surface area contributed by atoms with Crippen LogP contribution in [0.25, 0.3) is 11.3 Å². The van der Waals surface area contributed by atoms with E-state index in [-0.39, 0.29) is 11.8 Å². The van der Waals surface area contributed by atoms with E-state index in [1.165, 1.54) is 12.1 Å². The van der Waals surface area contributed by atoms with Gasteiger partial charge in [0.25, 0.3) is 0 Å². The molecular formula is C22H29FN6O. The molecule has 0 saturated carbocycles. The highest BCUT2D eigenvalue weighted by molar-refractivity contribution is 5.92. The van der Waals surface area contributed by atoms with Crippen molar-refractivity contribution in [2.24, 2.45) is 11.8 Å². The van der Waals surface area contributed by atoms with Gasteiger partial charge in [0.2, 0.25) is 0 Å². The minimum Gasteiger partial charge on any atom is -0.396 e. The van der Waals surface area contributed by atoms with E-state index in [1.54, 1.807) is 24.3 Å². The molecule has 3 N–H and O–H groups in total. The highest BCUT2D eigenvalue weighted by atomic mass is 19.1. The molecule has 7 nitrogen and oxygen atoms in total. The second-order valence-electron chi connectivity index (χ2n) is 8.56. The molecule has 8 heteroatoms. The first kappa shape index (κ1) is 20.6. The van der Waals surface area contributed by atoms with Crippen molar-refractivity contribution in [1.29, 1.82) is 0 Å². The number of nitrogens with zero attached hydrogens (tertiary/aromatic N) is 4. The lowest BCUT2D eigenvalue weighted by atomic mass is 10.0. The van der Waals surface area contributed by atoms with Gasteiger partial charge in [-0.15, -0.1) is 0 Å². The number of likely N-dealkylation sites (tertiary alicyclic amines) is 2. The lowest BCUT2D eigenvalue weighted by Gasteiger charge is -2.23. The maximum absolute atomic E-state index is 13.2. The Morgan fingerprint density at radius 2 is 1.80 bits per heavy atom. The number of pyridine rings is 1. The standard InChI is InChI=1S/C22H29FN6O/c1-27(2)9-10-28-11-16-13-29(14-17(16)12-28)22(30)26-21-19(24)7-8-20(25-21)15-3-5-18(23)6-4-15/h3-8,16-17H,9-14,24H2,1-2H3,(H,25,26,30). The predicted octanol–water partition coefficient (Wildman–Crippen LogP) is 2.43. The number of hydrogen-bond acceptors (Lipinski definition) is 5. The lowest BCUT2D eigenvalue weighted by Crippen LogP contribution is -2.37. The third-order valence-electron chi connectivity index (χ3n) is 6.00. The van der Waals surface area contributed by atoms with E-state index >= 15 is 0 Å². The number of urea groups is 1. The molecule has 2 fully saturated rings. The van der Waals surface area contributed by atoms with Gasteiger partial charge in [0.1, 0.15) is 5.82 Å². The SMILES string of the molecule is CN(C)CCN1CC2CN(C(=O)Nc3nc(-c4ccc(F)cc4)ccc3N)CC2C1. The summed E-state index contributed by atoms with van der Waals surface area (Å²) in [7, 11) is 4.18. The van der Waals surface area contributed by atoms with E-state index in [1.807, 2.05) is 4.90 Å². The molecule has 2 unspecified atom stereocenters. The number of carbonyl (C=O) groups excluding carboxylic acids is 1. The molecule has 2 aliphatic rings. The molecule has 2 saturated heterocycles. The number of hydrogen-bond donors (Lipinski definition) is 2. The number of halogens is 1. The first-order chi connectivity index (χ1) is 14.4. The van der Waals surface area contributed by atoms with Gasteiger partial charge < -0.3 is 20.4 Å². The number of nitrogen functional groups attached to an aromatic ring is 1. The Morgan fingerprint density at radius 3 is 2.43 bits per heavy atom. The summed E-state index contributed by atoms with van der Waals surface area (Å²) in [6.07, 6.45) is 0. The fourth-order valence-corrected chi connectivity index (χ4v) is 4.31. The average Bonchev–Trinajstić information content (AvgIpc) is 3.27. The Hall–Kier alpha value is -2.71. The van der Waals surface area contributed by atoms with E-state index in [0.29, 0.717) is 29.0 Å². The van der Waals surface area contributed by atoms with Crippen molar-refractivity contribution in [3.05, 3.63) is 42.2 Å². The molecule has 0 bridgehead atoms. The summed E-state index contributed by atoms with van der Waals surface area (Å²) in [5.74, 6) is 1.08. The zero-order valence-corrected chi connectivity index (χ0v) is 17.5. The van der Waals surface area contributed by atoms with Crippen LogP contribution in [0.1, 0.15) is 0 Å². The minimum absolute atomic E-state index is 0.167. The molecule has 160 valence electrons. The third kappa shape index (κ3) is 4.55. The minimum atomic E-state index is -0.303. The normalized spacial score (nSPS) is 21.3. The van der Waals surface area contributed by atoms with Crippen molar-refractivity contribution in [3.63, 3.8) is 0 Å². The molecule has 2 atom stereocenters. The summed E-state index contributed by atoms with van der Waals surface area (Å²) >= 11 is 0. The van der Waals surface area contributed by atoms with Crippen LogP contribution in [0, 0.1) is 17.7 Å². The smallest absolute Gasteiger partial charge is 0.323 e. The monoisotopic (exact) mass is 412 g/mol. The molecule has 3 heterocycles. The zero-order chi connectivity index (χ0) is 21.3. The summed E-state index contributed by atoms with van der Waals surface area (Å²) in [6.45, 7) is 5.73. The number of nitrogens with one attached hydrogen (secondary N) is 1. The van der Waals surface area contributed by atoms with Crippen LogP contribution in [0.4, 0.5) is 20.7 Å². The number of nitrogens with two attached hydrogens (primary N) is 1. The van der Waals surface area contributed by atoms with Gasteiger partial charge in [0, 0.05) is 44.8 Å². The second kappa shape index (κ2) is 8.57. The van der Waals surface area contributed by atoms with Gasteiger partial charge in [-0.3, -0.25) is 5.32 Å². The predicted molar refractivity (Wildman–Crippen MR) is 117 cm³/mol. The molecule has 1 aromatic heterocycles. The molecule has 2 aromatic rings. The van der Waals surface area contributed by atoms with Crippen LogP contribution in [0.2, 0.25) is 0 Å². The largest absolute Gasteiger partial charge is 0.396 e. The summed E-state index contributed by atoms with van der Waals surface area (Å²) in [5.41, 5.74) is 7.84. The Balaban J connectivity index is 1.37. The Bertz CT molecular complexity index is 889. The molecule has 2 aliphatic heterocycles. The number of amides is 2. The van der Waals surface area contributed by atoms with E-state index in [9.17, 15) is 9.18 Å².